The molecule has 2 heterocycles. The molecule has 4 rings (SSSR count). The molecule has 4 heteroatoms. The molecular formula is C19H19NO3. The molecule has 1 amide bonds. The normalized spacial score (nSPS) is 19.1. The summed E-state index contributed by atoms with van der Waals surface area (Å²) >= 11 is 0. The molecule has 1 fully saturated rings. The van der Waals surface area contributed by atoms with Crippen LogP contribution in [0, 0.1) is 0 Å². The summed E-state index contributed by atoms with van der Waals surface area (Å²) in [6.07, 6.45) is 1.62. The van der Waals surface area contributed by atoms with Crippen LogP contribution in [0.4, 0.5) is 5.69 Å². The van der Waals surface area contributed by atoms with E-state index in [2.05, 4.69) is 12.1 Å². The molecule has 0 N–H and O–H groups in total. The Labute approximate surface area is 135 Å². The van der Waals surface area contributed by atoms with E-state index in [1.54, 1.807) is 4.90 Å². The molecule has 0 bridgehead atoms. The lowest BCUT2D eigenvalue weighted by atomic mass is 10.1. The molecule has 2 aromatic rings. The van der Waals surface area contributed by atoms with E-state index in [1.807, 2.05) is 42.5 Å². The van der Waals surface area contributed by atoms with Gasteiger partial charge in [-0.25, -0.2) is 0 Å². The molecule has 1 spiro atoms. The van der Waals surface area contributed by atoms with Gasteiger partial charge in [-0.2, -0.15) is 0 Å². The van der Waals surface area contributed by atoms with Crippen LogP contribution in [0.1, 0.15) is 17.5 Å². The van der Waals surface area contributed by atoms with Crippen molar-refractivity contribution in [2.75, 3.05) is 24.7 Å². The third kappa shape index (κ3) is 2.35. The van der Waals surface area contributed by atoms with E-state index in [-0.39, 0.29) is 5.91 Å². The monoisotopic (exact) mass is 309 g/mol. The summed E-state index contributed by atoms with van der Waals surface area (Å²) in [5.74, 6) is -1.33. The third-order valence-electron chi connectivity index (χ3n) is 4.44. The minimum Gasteiger partial charge on any atom is -0.338 e. The molecule has 2 aliphatic rings. The first kappa shape index (κ1) is 14.4. The Morgan fingerprint density at radius 3 is 2.43 bits per heavy atom. The van der Waals surface area contributed by atoms with Gasteiger partial charge in [-0.3, -0.25) is 4.79 Å². The van der Waals surface area contributed by atoms with Crippen molar-refractivity contribution in [1.82, 2.24) is 0 Å². The summed E-state index contributed by atoms with van der Waals surface area (Å²) < 4.78 is 11.7. The molecule has 0 aliphatic carbocycles. The average Bonchev–Trinajstić information content (AvgIpc) is 2.84. The number of benzene rings is 2. The maximum absolute atomic E-state index is 13.0. The highest BCUT2D eigenvalue weighted by Gasteiger charge is 2.54. The Bertz CT molecular complexity index is 708. The number of anilines is 1. The second-order valence-corrected chi connectivity index (χ2v) is 5.88. The van der Waals surface area contributed by atoms with E-state index < -0.39 is 5.79 Å². The second kappa shape index (κ2) is 5.80. The maximum atomic E-state index is 13.0. The van der Waals surface area contributed by atoms with E-state index in [0.717, 1.165) is 24.1 Å². The van der Waals surface area contributed by atoms with Gasteiger partial charge in [0.25, 0.3) is 11.7 Å². The van der Waals surface area contributed by atoms with Crippen LogP contribution < -0.4 is 4.90 Å². The zero-order chi connectivity index (χ0) is 15.7. The van der Waals surface area contributed by atoms with Gasteiger partial charge in [0.15, 0.2) is 0 Å². The van der Waals surface area contributed by atoms with Crippen LogP contribution in [0.2, 0.25) is 0 Å². The van der Waals surface area contributed by atoms with Crippen molar-refractivity contribution in [3.05, 3.63) is 65.7 Å². The first-order chi connectivity index (χ1) is 11.3. The lowest BCUT2D eigenvalue weighted by Gasteiger charge is -2.32. The van der Waals surface area contributed by atoms with E-state index in [0.29, 0.717) is 19.8 Å². The standard InChI is InChI=1S/C19H19NO3/c21-18-19(22-13-6-14-23-19)16-9-4-5-10-17(16)20(18)12-11-15-7-2-1-3-8-15/h1-5,7-10H,6,11-14H2. The van der Waals surface area contributed by atoms with Crippen molar-refractivity contribution in [2.24, 2.45) is 0 Å². The third-order valence-corrected chi connectivity index (χ3v) is 4.44. The fourth-order valence-electron chi connectivity index (χ4n) is 3.31. The Hall–Kier alpha value is -2.17. The number of nitrogens with zero attached hydrogens (tertiary/aromatic N) is 1. The van der Waals surface area contributed by atoms with Crippen molar-refractivity contribution in [2.45, 2.75) is 18.6 Å². The van der Waals surface area contributed by atoms with Crippen molar-refractivity contribution in [3.8, 4) is 0 Å². The molecular weight excluding hydrogens is 290 g/mol. The van der Waals surface area contributed by atoms with E-state index in [4.69, 9.17) is 9.47 Å². The number of amides is 1. The zero-order valence-electron chi connectivity index (χ0n) is 12.9. The maximum Gasteiger partial charge on any atom is 0.292 e. The van der Waals surface area contributed by atoms with Gasteiger partial charge >= 0.3 is 0 Å². The summed E-state index contributed by atoms with van der Waals surface area (Å²) in [4.78, 5) is 14.8. The fourth-order valence-corrected chi connectivity index (χ4v) is 3.31. The number of hydrogen-bond donors (Lipinski definition) is 0. The highest BCUT2D eigenvalue weighted by molar-refractivity contribution is 6.06. The number of carbonyl (C=O) groups is 1. The summed E-state index contributed by atoms with van der Waals surface area (Å²) in [6.45, 7) is 1.72. The largest absolute Gasteiger partial charge is 0.338 e. The van der Waals surface area contributed by atoms with Crippen LogP contribution in [0.5, 0.6) is 0 Å². The van der Waals surface area contributed by atoms with Gasteiger partial charge in [0.2, 0.25) is 0 Å². The number of ether oxygens (including phenoxy) is 2. The van der Waals surface area contributed by atoms with E-state index in [9.17, 15) is 4.79 Å². The Morgan fingerprint density at radius 1 is 0.957 bits per heavy atom. The van der Waals surface area contributed by atoms with Crippen molar-refractivity contribution >= 4 is 11.6 Å². The van der Waals surface area contributed by atoms with Gasteiger partial charge in [-0.05, 0) is 24.5 Å². The van der Waals surface area contributed by atoms with Crippen molar-refractivity contribution in [3.63, 3.8) is 0 Å². The molecule has 0 saturated carbocycles. The minimum absolute atomic E-state index is 0.102. The quantitative estimate of drug-likeness (QED) is 0.875. The van der Waals surface area contributed by atoms with Crippen LogP contribution in [0.15, 0.2) is 54.6 Å². The first-order valence-corrected chi connectivity index (χ1v) is 8.04. The predicted molar refractivity (Wildman–Crippen MR) is 87.1 cm³/mol. The molecule has 0 radical (unpaired) electrons. The number of fused-ring (bicyclic) bond motifs is 2. The molecule has 0 unspecified atom stereocenters. The Balaban J connectivity index is 1.64. The lowest BCUT2D eigenvalue weighted by Crippen LogP contribution is -2.47. The van der Waals surface area contributed by atoms with Crippen LogP contribution in [0.25, 0.3) is 0 Å². The number of hydrogen-bond acceptors (Lipinski definition) is 3. The molecule has 1 saturated heterocycles. The van der Waals surface area contributed by atoms with Crippen LogP contribution >= 0.6 is 0 Å². The van der Waals surface area contributed by atoms with Gasteiger partial charge in [0, 0.05) is 12.1 Å². The van der Waals surface area contributed by atoms with Crippen molar-refractivity contribution < 1.29 is 14.3 Å². The summed E-state index contributed by atoms with van der Waals surface area (Å²) in [5, 5.41) is 0. The van der Waals surface area contributed by atoms with Crippen LogP contribution in [-0.4, -0.2) is 25.7 Å². The highest BCUT2D eigenvalue weighted by atomic mass is 16.7. The molecule has 4 nitrogen and oxygen atoms in total. The van der Waals surface area contributed by atoms with Gasteiger partial charge < -0.3 is 14.4 Å². The Kier molecular flexibility index (Phi) is 3.63. The zero-order valence-corrected chi connectivity index (χ0v) is 12.9. The summed E-state index contributed by atoms with van der Waals surface area (Å²) in [5.41, 5.74) is 2.94. The molecule has 0 aromatic heterocycles. The minimum atomic E-state index is -1.23. The second-order valence-electron chi connectivity index (χ2n) is 5.88. The average molecular weight is 309 g/mol. The van der Waals surface area contributed by atoms with E-state index >= 15 is 0 Å². The van der Waals surface area contributed by atoms with Gasteiger partial charge in [0.1, 0.15) is 0 Å². The molecule has 2 aliphatic heterocycles. The van der Waals surface area contributed by atoms with Gasteiger partial charge in [-0.1, -0.05) is 48.5 Å². The molecule has 2 aromatic carbocycles. The smallest absolute Gasteiger partial charge is 0.292 e. The summed E-state index contributed by atoms with van der Waals surface area (Å²) in [6, 6.07) is 18.0. The number of rotatable bonds is 3. The fraction of sp³-hybridized carbons (Fsp3) is 0.316. The first-order valence-electron chi connectivity index (χ1n) is 8.04. The van der Waals surface area contributed by atoms with Gasteiger partial charge in [-0.15, -0.1) is 0 Å². The lowest BCUT2D eigenvalue weighted by molar-refractivity contribution is -0.256. The van der Waals surface area contributed by atoms with Crippen LogP contribution in [-0.2, 0) is 26.5 Å². The summed E-state index contributed by atoms with van der Waals surface area (Å²) in [7, 11) is 0. The van der Waals surface area contributed by atoms with Crippen molar-refractivity contribution in [1.29, 1.82) is 0 Å². The number of para-hydroxylation sites is 1. The molecule has 118 valence electrons. The molecule has 0 atom stereocenters. The van der Waals surface area contributed by atoms with Crippen LogP contribution in [0.3, 0.4) is 0 Å². The van der Waals surface area contributed by atoms with Gasteiger partial charge in [0.05, 0.1) is 18.9 Å². The number of carbonyl (C=O) groups excluding carboxylic acids is 1. The molecule has 23 heavy (non-hydrogen) atoms. The highest BCUT2D eigenvalue weighted by Crippen LogP contribution is 2.44. The van der Waals surface area contributed by atoms with E-state index in [1.165, 1.54) is 5.56 Å². The SMILES string of the molecule is O=C1N(CCc2ccccc2)c2ccccc2C12OCCCO2. The topological polar surface area (TPSA) is 38.8 Å². The Morgan fingerprint density at radius 2 is 1.65 bits per heavy atom. The predicted octanol–water partition coefficient (Wildman–Crippen LogP) is 2.87.